The van der Waals surface area contributed by atoms with Crippen LogP contribution in [0, 0.1) is 25.2 Å². The molecule has 16 heteroatoms. The van der Waals surface area contributed by atoms with Gasteiger partial charge in [0.05, 0.1) is 28.9 Å². The van der Waals surface area contributed by atoms with E-state index in [2.05, 4.69) is 75.5 Å². The van der Waals surface area contributed by atoms with Crippen molar-refractivity contribution in [1.82, 2.24) is 40.4 Å². The number of likely N-dealkylation sites (N-methyl/N-ethyl adjacent to an activating group) is 1. The van der Waals surface area contributed by atoms with Crippen molar-refractivity contribution in [2.75, 3.05) is 45.5 Å². The molecule has 1 fully saturated rings. The third kappa shape index (κ3) is 12.1. The van der Waals surface area contributed by atoms with Crippen LogP contribution in [0.15, 0.2) is 73.2 Å². The van der Waals surface area contributed by atoms with Crippen LogP contribution in [0.5, 0.6) is 17.2 Å². The van der Waals surface area contributed by atoms with Crippen LogP contribution in [-0.4, -0.2) is 99.6 Å². The molecule has 3 heterocycles. The Labute approximate surface area is 373 Å². The maximum Gasteiger partial charge on any atom is 0.239 e. The zero-order valence-corrected chi connectivity index (χ0v) is 37.3. The number of benzene rings is 3. The first kappa shape index (κ1) is 46.0. The number of hydrogen-bond donors (Lipinski definition) is 3. The number of aldehydes is 1. The maximum absolute atomic E-state index is 12.5. The first-order chi connectivity index (χ1) is 30.1. The fourth-order valence-electron chi connectivity index (χ4n) is 7.21. The Bertz CT molecular complexity index is 2350. The number of piperazine rings is 1. The van der Waals surface area contributed by atoms with Gasteiger partial charge in [-0.05, 0) is 80.3 Å². The molecule has 5 aromatic rings. The molecule has 0 saturated carbocycles. The Kier molecular flexibility index (Phi) is 16.7. The minimum Gasteiger partial charge on any atom is -0.488 e. The van der Waals surface area contributed by atoms with Gasteiger partial charge in [0.15, 0.2) is 0 Å². The summed E-state index contributed by atoms with van der Waals surface area (Å²) < 4.78 is 20.8. The Morgan fingerprint density at radius 3 is 2.42 bits per heavy atom. The minimum absolute atomic E-state index is 0.158. The number of rotatable bonds is 21. The van der Waals surface area contributed by atoms with E-state index in [1.165, 1.54) is 6.20 Å². The fraction of sp³-hybridized carbons (Fsp3) is 0.391. The molecule has 2 atom stereocenters. The van der Waals surface area contributed by atoms with Crippen molar-refractivity contribution < 1.29 is 23.8 Å². The van der Waals surface area contributed by atoms with Gasteiger partial charge < -0.3 is 34.5 Å². The maximum atomic E-state index is 12.5. The normalized spacial score (nSPS) is 13.9. The summed E-state index contributed by atoms with van der Waals surface area (Å²) in [7, 11) is 1.81. The van der Waals surface area contributed by atoms with Crippen LogP contribution in [0.3, 0.4) is 0 Å². The van der Waals surface area contributed by atoms with Gasteiger partial charge in [-0.3, -0.25) is 19.4 Å². The number of halogens is 1. The van der Waals surface area contributed by atoms with Gasteiger partial charge in [0.25, 0.3) is 0 Å². The summed E-state index contributed by atoms with van der Waals surface area (Å²) in [6.07, 6.45) is 6.82. The van der Waals surface area contributed by atoms with Crippen LogP contribution in [0.25, 0.3) is 11.1 Å². The number of pyridine rings is 1. The molecule has 0 radical (unpaired) electrons. The molecule has 3 aromatic carbocycles. The standard InChI is InChI=1S/C46H54ClN9O5S/c1-31-36(28-60-45-20-44(59-27-35-18-34(21-48)22-50-23-35)37(19-42(45)47)24-51-39(26-57)30-62)8-5-9-40(31)41-10-6-11-43(32(41)2)61-29-38-25-56(53-52-38)13-7-12-54-14-16-55(17-15-54)46(58)33(3)49-4/h5-6,8-11,18-20,22-23,25-26,33,39,49,51,62H,7,12-17,24,27-30H2,1-4H3/t33-,39?/m0/s1. The first-order valence-electron chi connectivity index (χ1n) is 20.7. The number of nitrogens with zero attached hydrogens (tertiary/aromatic N) is 7. The van der Waals surface area contributed by atoms with Crippen molar-refractivity contribution in [3.8, 4) is 34.4 Å². The molecular weight excluding hydrogens is 826 g/mol. The Balaban J connectivity index is 1.06. The number of carbonyl (C=O) groups excluding carboxylic acids is 2. The fourth-order valence-corrected chi connectivity index (χ4v) is 7.66. The second kappa shape index (κ2) is 22.6. The molecule has 2 N–H and O–H groups in total. The van der Waals surface area contributed by atoms with Gasteiger partial charge in [0.2, 0.25) is 5.91 Å². The molecule has 1 amide bonds. The Morgan fingerprint density at radius 1 is 0.935 bits per heavy atom. The minimum atomic E-state index is -0.446. The smallest absolute Gasteiger partial charge is 0.239 e. The van der Waals surface area contributed by atoms with Crippen molar-refractivity contribution >= 4 is 36.4 Å². The second-order valence-corrected chi connectivity index (χ2v) is 16.1. The third-order valence-corrected chi connectivity index (χ3v) is 11.8. The summed E-state index contributed by atoms with van der Waals surface area (Å²) in [4.78, 5) is 32.4. The lowest BCUT2D eigenvalue weighted by Gasteiger charge is -2.35. The quantitative estimate of drug-likeness (QED) is 0.0589. The molecule has 2 aromatic heterocycles. The van der Waals surface area contributed by atoms with E-state index < -0.39 is 6.04 Å². The van der Waals surface area contributed by atoms with E-state index in [4.69, 9.17) is 25.8 Å². The van der Waals surface area contributed by atoms with Gasteiger partial charge >= 0.3 is 0 Å². The van der Waals surface area contributed by atoms with Crippen molar-refractivity contribution in [1.29, 1.82) is 5.26 Å². The average molecular weight is 881 g/mol. The molecule has 62 heavy (non-hydrogen) atoms. The number of thiol groups is 1. The summed E-state index contributed by atoms with van der Waals surface area (Å²) >= 11 is 11.0. The highest BCUT2D eigenvalue weighted by atomic mass is 35.5. The van der Waals surface area contributed by atoms with Crippen molar-refractivity contribution in [3.05, 3.63) is 117 Å². The lowest BCUT2D eigenvalue weighted by atomic mass is 9.93. The molecule has 326 valence electrons. The van der Waals surface area contributed by atoms with Gasteiger partial charge in [-0.2, -0.15) is 17.9 Å². The van der Waals surface area contributed by atoms with Crippen LogP contribution in [0.4, 0.5) is 0 Å². The van der Waals surface area contributed by atoms with Crippen LogP contribution in [0.1, 0.15) is 52.4 Å². The molecule has 0 spiro atoms. The van der Waals surface area contributed by atoms with Gasteiger partial charge in [0, 0.05) is 81.2 Å². The molecule has 1 saturated heterocycles. The number of hydrogen-bond acceptors (Lipinski definition) is 13. The highest BCUT2D eigenvalue weighted by Gasteiger charge is 2.24. The predicted octanol–water partition coefficient (Wildman–Crippen LogP) is 5.95. The number of nitriles is 1. The highest BCUT2D eigenvalue weighted by molar-refractivity contribution is 7.80. The van der Waals surface area contributed by atoms with Gasteiger partial charge in [0.1, 0.15) is 55.1 Å². The van der Waals surface area contributed by atoms with Crippen LogP contribution in [-0.2, 0) is 42.5 Å². The molecule has 6 rings (SSSR count). The summed E-state index contributed by atoms with van der Waals surface area (Å²) in [6.45, 7) is 12.0. The number of ether oxygens (including phenoxy) is 3. The van der Waals surface area contributed by atoms with E-state index in [0.717, 1.165) is 102 Å². The molecule has 0 bridgehead atoms. The summed E-state index contributed by atoms with van der Waals surface area (Å²) in [6, 6.07) is 18.9. The van der Waals surface area contributed by atoms with Gasteiger partial charge in [-0.15, -0.1) is 5.10 Å². The molecule has 1 aliphatic heterocycles. The lowest BCUT2D eigenvalue weighted by Crippen LogP contribution is -2.53. The van der Waals surface area contributed by atoms with Crippen LogP contribution in [0.2, 0.25) is 5.02 Å². The van der Waals surface area contributed by atoms with Crippen molar-refractivity contribution in [2.45, 2.75) is 72.2 Å². The number of carbonyl (C=O) groups is 2. The summed E-state index contributed by atoms with van der Waals surface area (Å²) in [5.41, 5.74) is 7.78. The number of aromatic nitrogens is 4. The van der Waals surface area contributed by atoms with E-state index in [-0.39, 0.29) is 31.8 Å². The van der Waals surface area contributed by atoms with E-state index in [0.29, 0.717) is 34.4 Å². The van der Waals surface area contributed by atoms with E-state index >= 15 is 0 Å². The van der Waals surface area contributed by atoms with Crippen LogP contribution < -0.4 is 24.8 Å². The SMILES string of the molecule is CN[C@@H](C)C(=O)N1CCN(CCCn2cc(COc3cccc(-c4cccc(COc5cc(OCc6cncc(C#N)c6)c(CNC(C=O)CS)cc5Cl)c4C)c3C)nn2)CC1. The van der Waals surface area contributed by atoms with E-state index in [1.54, 1.807) is 24.4 Å². The molecular formula is C46H54ClN9O5S. The number of aryl methyl sites for hydroxylation is 1. The zero-order valence-electron chi connectivity index (χ0n) is 35.6. The zero-order chi connectivity index (χ0) is 44.0. The second-order valence-electron chi connectivity index (χ2n) is 15.3. The Morgan fingerprint density at radius 2 is 1.68 bits per heavy atom. The largest absolute Gasteiger partial charge is 0.488 e. The predicted molar refractivity (Wildman–Crippen MR) is 241 cm³/mol. The lowest BCUT2D eigenvalue weighted by molar-refractivity contribution is -0.134. The molecule has 14 nitrogen and oxygen atoms in total. The Hall–Kier alpha value is -5.50. The van der Waals surface area contributed by atoms with E-state index in [9.17, 15) is 14.9 Å². The topological polar surface area (TPSA) is 160 Å². The van der Waals surface area contributed by atoms with Crippen molar-refractivity contribution in [3.63, 3.8) is 0 Å². The average Bonchev–Trinajstić information content (AvgIpc) is 3.76. The van der Waals surface area contributed by atoms with Gasteiger partial charge in [-0.25, -0.2) is 0 Å². The van der Waals surface area contributed by atoms with Crippen LogP contribution >= 0.6 is 24.2 Å². The number of nitrogens with one attached hydrogen (secondary N) is 2. The number of amides is 1. The van der Waals surface area contributed by atoms with E-state index in [1.807, 2.05) is 54.0 Å². The third-order valence-electron chi connectivity index (χ3n) is 11.1. The van der Waals surface area contributed by atoms with Crippen molar-refractivity contribution in [2.24, 2.45) is 0 Å². The molecule has 0 aliphatic carbocycles. The summed E-state index contributed by atoms with van der Waals surface area (Å²) in [5, 5.41) is 24.6. The molecule has 1 aliphatic rings. The first-order valence-corrected chi connectivity index (χ1v) is 21.7. The molecule has 1 unspecified atom stereocenters. The monoisotopic (exact) mass is 879 g/mol. The van der Waals surface area contributed by atoms with Gasteiger partial charge in [-0.1, -0.05) is 47.1 Å². The summed E-state index contributed by atoms with van der Waals surface area (Å²) in [5.74, 6) is 2.21. The highest BCUT2D eigenvalue weighted by Crippen LogP contribution is 2.36.